The molecule has 1 aromatic carbocycles. The van der Waals surface area contributed by atoms with E-state index in [2.05, 4.69) is 5.48 Å². The largest absolute Gasteiger partial charge is 0.289 e. The fourth-order valence-electron chi connectivity index (χ4n) is 1.48. The Morgan fingerprint density at radius 3 is 2.53 bits per heavy atom. The molecule has 0 aliphatic carbocycles. The molecule has 0 bridgehead atoms. The van der Waals surface area contributed by atoms with Crippen LogP contribution in [0, 0.1) is 0 Å². The first-order valence-electron chi connectivity index (χ1n) is 6.10. The van der Waals surface area contributed by atoms with Crippen molar-refractivity contribution in [1.29, 1.82) is 0 Å². The number of carbonyl (C=O) groups is 2. The molecule has 0 heterocycles. The van der Waals surface area contributed by atoms with Crippen LogP contribution in [-0.2, 0) is 20.8 Å². The van der Waals surface area contributed by atoms with Crippen molar-refractivity contribution in [2.75, 3.05) is 6.61 Å². The minimum atomic E-state index is -0.557. The zero-order valence-electron chi connectivity index (χ0n) is 10.6. The van der Waals surface area contributed by atoms with Crippen LogP contribution in [-0.4, -0.2) is 23.6 Å². The predicted octanol–water partition coefficient (Wildman–Crippen LogP) is 0.953. The van der Waals surface area contributed by atoms with E-state index in [4.69, 9.17) is 10.0 Å². The van der Waals surface area contributed by atoms with Crippen LogP contribution in [0.25, 0.3) is 0 Å². The van der Waals surface area contributed by atoms with Gasteiger partial charge in [-0.25, -0.2) is 11.0 Å². The molecule has 2 amide bonds. The molecular weight excluding hydrogens is 248 g/mol. The summed E-state index contributed by atoms with van der Waals surface area (Å²) < 4.78 is 0. The van der Waals surface area contributed by atoms with E-state index in [-0.39, 0.29) is 18.9 Å². The average molecular weight is 266 g/mol. The molecule has 0 aromatic heterocycles. The van der Waals surface area contributed by atoms with Gasteiger partial charge in [0.2, 0.25) is 11.8 Å². The number of carbonyl (C=O) groups excluding carboxylic acids is 2. The van der Waals surface area contributed by atoms with Crippen LogP contribution in [0.4, 0.5) is 0 Å². The highest BCUT2D eigenvalue weighted by Crippen LogP contribution is 2.04. The van der Waals surface area contributed by atoms with Crippen molar-refractivity contribution in [2.24, 2.45) is 0 Å². The fourth-order valence-corrected chi connectivity index (χ4v) is 1.48. The molecule has 0 saturated carbocycles. The van der Waals surface area contributed by atoms with E-state index in [9.17, 15) is 9.59 Å². The molecule has 0 radical (unpaired) electrons. The maximum Gasteiger partial charge on any atom is 0.245 e. The van der Waals surface area contributed by atoms with Gasteiger partial charge in [-0.05, 0) is 18.4 Å². The summed E-state index contributed by atoms with van der Waals surface area (Å²) in [6.07, 6.45) is 1.92. The van der Waals surface area contributed by atoms with Gasteiger partial charge in [-0.3, -0.25) is 19.6 Å². The standard InChI is InChI=1S/C13H18N2O4/c16-12(14-18)9-10-19-15-13(17)8-4-7-11-5-2-1-3-6-11/h1-3,5-6,18H,4,7-10H2,(H,14,16)(H,15,17). The summed E-state index contributed by atoms with van der Waals surface area (Å²) in [6, 6.07) is 9.91. The first-order chi connectivity index (χ1) is 9.22. The molecule has 0 aliphatic rings. The Kier molecular flexibility index (Phi) is 7.23. The van der Waals surface area contributed by atoms with Gasteiger partial charge in [0, 0.05) is 6.42 Å². The molecule has 1 rings (SSSR count). The number of aryl methyl sites for hydroxylation is 1. The highest BCUT2D eigenvalue weighted by Gasteiger charge is 2.03. The zero-order valence-corrected chi connectivity index (χ0v) is 10.6. The Balaban J connectivity index is 2.04. The van der Waals surface area contributed by atoms with Crippen LogP contribution in [0.15, 0.2) is 30.3 Å². The van der Waals surface area contributed by atoms with E-state index in [1.807, 2.05) is 30.3 Å². The first-order valence-corrected chi connectivity index (χ1v) is 6.10. The summed E-state index contributed by atoms with van der Waals surface area (Å²) in [7, 11) is 0. The smallest absolute Gasteiger partial charge is 0.245 e. The maximum absolute atomic E-state index is 11.4. The van der Waals surface area contributed by atoms with E-state index < -0.39 is 5.91 Å². The molecule has 6 nitrogen and oxygen atoms in total. The average Bonchev–Trinajstić information content (AvgIpc) is 2.44. The van der Waals surface area contributed by atoms with Gasteiger partial charge in [0.05, 0.1) is 13.0 Å². The Morgan fingerprint density at radius 2 is 1.84 bits per heavy atom. The van der Waals surface area contributed by atoms with Crippen LogP contribution in [0.3, 0.4) is 0 Å². The Hall–Kier alpha value is -1.92. The summed E-state index contributed by atoms with van der Waals surface area (Å²) in [6.45, 7) is 0.0246. The molecule has 0 fully saturated rings. The quantitative estimate of drug-likeness (QED) is 0.371. The molecular formula is C13H18N2O4. The molecule has 1 aromatic rings. The normalized spacial score (nSPS) is 9.95. The van der Waals surface area contributed by atoms with Crippen LogP contribution in [0.2, 0.25) is 0 Å². The van der Waals surface area contributed by atoms with Crippen LogP contribution in [0.1, 0.15) is 24.8 Å². The molecule has 0 unspecified atom stereocenters. The van der Waals surface area contributed by atoms with Crippen LogP contribution >= 0.6 is 0 Å². The minimum absolute atomic E-state index is 0.0131. The molecule has 6 heteroatoms. The van der Waals surface area contributed by atoms with E-state index >= 15 is 0 Å². The van der Waals surface area contributed by atoms with E-state index in [1.54, 1.807) is 0 Å². The lowest BCUT2D eigenvalue weighted by molar-refractivity contribution is -0.138. The predicted molar refractivity (Wildman–Crippen MR) is 68.0 cm³/mol. The summed E-state index contributed by atoms with van der Waals surface area (Å²) >= 11 is 0. The fraction of sp³-hybridized carbons (Fsp3) is 0.385. The molecule has 0 saturated heterocycles. The van der Waals surface area contributed by atoms with Gasteiger partial charge in [-0.2, -0.15) is 0 Å². The minimum Gasteiger partial charge on any atom is -0.289 e. The topological polar surface area (TPSA) is 87.7 Å². The second-order valence-corrected chi connectivity index (χ2v) is 4.00. The highest BCUT2D eigenvalue weighted by atomic mass is 16.6. The lowest BCUT2D eigenvalue weighted by Crippen LogP contribution is -2.27. The van der Waals surface area contributed by atoms with E-state index in [1.165, 1.54) is 11.0 Å². The first kappa shape index (κ1) is 15.1. The number of nitrogens with one attached hydrogen (secondary N) is 2. The Bertz CT molecular complexity index is 395. The van der Waals surface area contributed by atoms with Crippen molar-refractivity contribution in [3.8, 4) is 0 Å². The highest BCUT2D eigenvalue weighted by molar-refractivity contribution is 5.75. The summed E-state index contributed by atoms with van der Waals surface area (Å²) in [5, 5.41) is 8.23. The second kappa shape index (κ2) is 9.07. The molecule has 0 spiro atoms. The van der Waals surface area contributed by atoms with Crippen molar-refractivity contribution < 1.29 is 19.6 Å². The van der Waals surface area contributed by atoms with Crippen molar-refractivity contribution >= 4 is 11.8 Å². The van der Waals surface area contributed by atoms with Gasteiger partial charge in [0.1, 0.15) is 0 Å². The number of benzene rings is 1. The lowest BCUT2D eigenvalue weighted by atomic mass is 10.1. The third kappa shape index (κ3) is 7.17. The van der Waals surface area contributed by atoms with Crippen LogP contribution < -0.4 is 11.0 Å². The summed E-state index contributed by atoms with van der Waals surface area (Å²) in [5.41, 5.74) is 4.91. The van der Waals surface area contributed by atoms with Crippen molar-refractivity contribution in [1.82, 2.24) is 11.0 Å². The number of hydroxylamine groups is 2. The third-order valence-corrected chi connectivity index (χ3v) is 2.45. The molecule has 104 valence electrons. The summed E-state index contributed by atoms with van der Waals surface area (Å²) in [4.78, 5) is 26.8. The Labute approximate surface area is 111 Å². The Morgan fingerprint density at radius 1 is 1.11 bits per heavy atom. The molecule has 3 N–H and O–H groups in total. The van der Waals surface area contributed by atoms with Gasteiger partial charge in [0.25, 0.3) is 0 Å². The monoisotopic (exact) mass is 266 g/mol. The number of rotatable bonds is 8. The van der Waals surface area contributed by atoms with E-state index in [0.29, 0.717) is 6.42 Å². The van der Waals surface area contributed by atoms with Crippen molar-refractivity contribution in [3.05, 3.63) is 35.9 Å². The summed E-state index contributed by atoms with van der Waals surface area (Å²) in [5.74, 6) is -0.779. The van der Waals surface area contributed by atoms with Gasteiger partial charge in [-0.1, -0.05) is 30.3 Å². The third-order valence-electron chi connectivity index (χ3n) is 2.45. The lowest BCUT2D eigenvalue weighted by Gasteiger charge is -2.05. The zero-order chi connectivity index (χ0) is 13.9. The van der Waals surface area contributed by atoms with Crippen molar-refractivity contribution in [3.63, 3.8) is 0 Å². The van der Waals surface area contributed by atoms with Gasteiger partial charge in [-0.15, -0.1) is 0 Å². The SMILES string of the molecule is O=C(CCONC(=O)CCCc1ccccc1)NO. The molecule has 0 aliphatic heterocycles. The number of amides is 2. The van der Waals surface area contributed by atoms with Crippen molar-refractivity contribution in [2.45, 2.75) is 25.7 Å². The van der Waals surface area contributed by atoms with Gasteiger partial charge < -0.3 is 0 Å². The second-order valence-electron chi connectivity index (χ2n) is 4.00. The molecule has 19 heavy (non-hydrogen) atoms. The number of hydrogen-bond donors (Lipinski definition) is 3. The van der Waals surface area contributed by atoms with Crippen LogP contribution in [0.5, 0.6) is 0 Å². The van der Waals surface area contributed by atoms with E-state index in [0.717, 1.165) is 12.8 Å². The van der Waals surface area contributed by atoms with Gasteiger partial charge >= 0.3 is 0 Å². The maximum atomic E-state index is 11.4. The number of hydrogen-bond acceptors (Lipinski definition) is 4. The molecule has 0 atom stereocenters. The van der Waals surface area contributed by atoms with Gasteiger partial charge in [0.15, 0.2) is 0 Å².